The van der Waals surface area contributed by atoms with Gasteiger partial charge in [0.05, 0.1) is 44.0 Å². The lowest BCUT2D eigenvalue weighted by Crippen LogP contribution is -2.52. The average molecular weight is 322 g/mol. The van der Waals surface area contributed by atoms with Crippen molar-refractivity contribution in [3.05, 3.63) is 0 Å². The molecule has 0 aromatic rings. The third-order valence-corrected chi connectivity index (χ3v) is 4.26. The highest BCUT2D eigenvalue weighted by Crippen LogP contribution is 2.32. The molecule has 0 aromatic carbocycles. The quantitative estimate of drug-likeness (QED) is 0.639. The normalized spacial score (nSPS) is 30.7. The Morgan fingerprint density at radius 3 is 1.43 bits per heavy atom. The molecule has 0 amide bonds. The molecule has 0 aromatic heterocycles. The van der Waals surface area contributed by atoms with Crippen molar-refractivity contribution < 1.29 is 18.9 Å². The molecule has 128 valence electrons. The van der Waals surface area contributed by atoms with E-state index in [1.54, 1.807) is 0 Å². The fourth-order valence-corrected chi connectivity index (χ4v) is 2.79. The van der Waals surface area contributed by atoms with Gasteiger partial charge in [0.2, 0.25) is 0 Å². The Kier molecular flexibility index (Phi) is 7.78. The van der Waals surface area contributed by atoms with Crippen molar-refractivity contribution in [3.8, 4) is 12.1 Å². The molecule has 2 aliphatic heterocycles. The van der Waals surface area contributed by atoms with Crippen LogP contribution < -0.4 is 0 Å². The van der Waals surface area contributed by atoms with E-state index in [4.69, 9.17) is 29.5 Å². The maximum atomic E-state index is 8.52. The molecule has 0 aliphatic carbocycles. The highest BCUT2D eigenvalue weighted by molar-refractivity contribution is 4.84. The number of rotatable bonds is 8. The lowest BCUT2D eigenvalue weighted by molar-refractivity contribution is -0.304. The zero-order valence-electron chi connectivity index (χ0n) is 13.7. The van der Waals surface area contributed by atoms with Crippen LogP contribution in [0, 0.1) is 28.1 Å². The third kappa shape index (κ3) is 6.08. The van der Waals surface area contributed by atoms with Gasteiger partial charge >= 0.3 is 0 Å². The number of nitrogens with zero attached hydrogens (tertiary/aromatic N) is 2. The zero-order chi connectivity index (χ0) is 16.4. The molecule has 6 heteroatoms. The van der Waals surface area contributed by atoms with Gasteiger partial charge in [0.1, 0.15) is 0 Å². The van der Waals surface area contributed by atoms with Crippen LogP contribution >= 0.6 is 0 Å². The van der Waals surface area contributed by atoms with Crippen LogP contribution in [0.4, 0.5) is 0 Å². The van der Waals surface area contributed by atoms with Crippen molar-refractivity contribution in [2.45, 2.75) is 63.9 Å². The summed E-state index contributed by atoms with van der Waals surface area (Å²) in [6.07, 6.45) is 6.21. The van der Waals surface area contributed by atoms with Crippen LogP contribution in [0.2, 0.25) is 0 Å². The van der Waals surface area contributed by atoms with Gasteiger partial charge in [-0.2, -0.15) is 10.5 Å². The second kappa shape index (κ2) is 9.85. The van der Waals surface area contributed by atoms with E-state index in [2.05, 4.69) is 12.1 Å². The molecule has 0 bridgehead atoms. The first kappa shape index (κ1) is 18.2. The summed E-state index contributed by atoms with van der Waals surface area (Å²) >= 11 is 0. The Labute approximate surface area is 138 Å². The monoisotopic (exact) mass is 322 g/mol. The predicted octanol–water partition coefficient (Wildman–Crippen LogP) is 2.89. The highest BCUT2D eigenvalue weighted by atomic mass is 16.7. The first-order valence-electron chi connectivity index (χ1n) is 8.48. The molecule has 0 atom stereocenters. The lowest BCUT2D eigenvalue weighted by atomic mass is 9.90. The molecule has 2 fully saturated rings. The minimum absolute atomic E-state index is 0.164. The second-order valence-electron chi connectivity index (χ2n) is 6.41. The Balaban J connectivity index is 1.60. The van der Waals surface area contributed by atoms with E-state index in [1.165, 1.54) is 0 Å². The van der Waals surface area contributed by atoms with E-state index >= 15 is 0 Å². The van der Waals surface area contributed by atoms with Crippen LogP contribution in [0.1, 0.15) is 51.4 Å². The molecule has 0 radical (unpaired) electrons. The lowest BCUT2D eigenvalue weighted by Gasteiger charge is -2.43. The van der Waals surface area contributed by atoms with Crippen molar-refractivity contribution >= 4 is 0 Å². The zero-order valence-corrected chi connectivity index (χ0v) is 13.7. The largest absolute Gasteiger partial charge is 0.352 e. The van der Waals surface area contributed by atoms with Crippen molar-refractivity contribution in [2.75, 3.05) is 26.4 Å². The van der Waals surface area contributed by atoms with Gasteiger partial charge in [0.25, 0.3) is 0 Å². The van der Waals surface area contributed by atoms with Gasteiger partial charge in [-0.15, -0.1) is 0 Å². The molecular formula is C17H26N2O4. The molecule has 1 spiro atoms. The number of hydrogen-bond donors (Lipinski definition) is 0. The number of ether oxygens (including phenoxy) is 4. The minimum Gasteiger partial charge on any atom is -0.352 e. The van der Waals surface area contributed by atoms with Gasteiger partial charge in [0, 0.05) is 12.8 Å². The summed E-state index contributed by atoms with van der Waals surface area (Å²) in [7, 11) is 0. The maximum Gasteiger partial charge on any atom is 0.157 e. The standard InChI is InChI=1S/C17H26N2O4/c18-9-5-1-3-7-15-20-11-17(12-21-15)13-22-16(23-14-17)8-4-2-6-10-19/h15-16H,1-8,11-14H2. The van der Waals surface area contributed by atoms with Crippen LogP contribution in [-0.2, 0) is 18.9 Å². The number of hydrogen-bond acceptors (Lipinski definition) is 6. The summed E-state index contributed by atoms with van der Waals surface area (Å²) in [5.41, 5.74) is -0.188. The molecule has 0 N–H and O–H groups in total. The van der Waals surface area contributed by atoms with Crippen molar-refractivity contribution in [2.24, 2.45) is 5.41 Å². The summed E-state index contributed by atoms with van der Waals surface area (Å²) in [6, 6.07) is 4.29. The van der Waals surface area contributed by atoms with Gasteiger partial charge in [-0.3, -0.25) is 0 Å². The van der Waals surface area contributed by atoms with Gasteiger partial charge in [-0.1, -0.05) is 0 Å². The SMILES string of the molecule is N#CCCCCC1OCC2(CO1)COC(CCCCC#N)OC2. The van der Waals surface area contributed by atoms with E-state index in [1.807, 2.05) is 0 Å². The molecular weight excluding hydrogens is 296 g/mol. The van der Waals surface area contributed by atoms with Gasteiger partial charge in [0.15, 0.2) is 12.6 Å². The molecule has 2 rings (SSSR count). The maximum absolute atomic E-state index is 8.52. The van der Waals surface area contributed by atoms with E-state index in [9.17, 15) is 0 Å². The van der Waals surface area contributed by atoms with Crippen molar-refractivity contribution in [1.29, 1.82) is 10.5 Å². The molecule has 0 saturated carbocycles. The fraction of sp³-hybridized carbons (Fsp3) is 0.882. The minimum atomic E-state index is -0.188. The molecule has 0 unspecified atom stereocenters. The Morgan fingerprint density at radius 2 is 1.09 bits per heavy atom. The molecule has 6 nitrogen and oxygen atoms in total. The number of nitriles is 2. The Bertz CT molecular complexity index is 370. The predicted molar refractivity (Wildman–Crippen MR) is 82.0 cm³/mol. The second-order valence-corrected chi connectivity index (χ2v) is 6.41. The molecule has 2 aliphatic rings. The summed E-state index contributed by atoms with van der Waals surface area (Å²) in [6.45, 7) is 2.38. The highest BCUT2D eigenvalue weighted by Gasteiger charge is 2.41. The van der Waals surface area contributed by atoms with E-state index in [-0.39, 0.29) is 18.0 Å². The van der Waals surface area contributed by atoms with Crippen LogP contribution in [0.5, 0.6) is 0 Å². The fourth-order valence-electron chi connectivity index (χ4n) is 2.79. The van der Waals surface area contributed by atoms with Crippen molar-refractivity contribution in [3.63, 3.8) is 0 Å². The Morgan fingerprint density at radius 1 is 0.696 bits per heavy atom. The first-order chi connectivity index (χ1) is 11.3. The van der Waals surface area contributed by atoms with Crippen molar-refractivity contribution in [1.82, 2.24) is 0 Å². The molecule has 23 heavy (non-hydrogen) atoms. The van der Waals surface area contributed by atoms with Gasteiger partial charge < -0.3 is 18.9 Å². The summed E-state index contributed by atoms with van der Waals surface area (Å²) < 4.78 is 23.2. The summed E-state index contributed by atoms with van der Waals surface area (Å²) in [4.78, 5) is 0. The smallest absolute Gasteiger partial charge is 0.157 e. The number of unbranched alkanes of at least 4 members (excludes halogenated alkanes) is 4. The summed E-state index contributed by atoms with van der Waals surface area (Å²) in [5.74, 6) is 0. The van der Waals surface area contributed by atoms with Crippen LogP contribution in [0.3, 0.4) is 0 Å². The van der Waals surface area contributed by atoms with Crippen LogP contribution in [0.25, 0.3) is 0 Å². The Hall–Kier alpha value is -1.18. The summed E-state index contributed by atoms with van der Waals surface area (Å²) in [5, 5.41) is 17.0. The molecule has 2 heterocycles. The average Bonchev–Trinajstić information content (AvgIpc) is 2.59. The van der Waals surface area contributed by atoms with Gasteiger partial charge in [-0.05, 0) is 38.5 Å². The first-order valence-corrected chi connectivity index (χ1v) is 8.48. The third-order valence-electron chi connectivity index (χ3n) is 4.26. The van der Waals surface area contributed by atoms with Gasteiger partial charge in [-0.25, -0.2) is 0 Å². The van der Waals surface area contributed by atoms with E-state index in [0.717, 1.165) is 38.5 Å². The topological polar surface area (TPSA) is 84.5 Å². The van der Waals surface area contributed by atoms with E-state index in [0.29, 0.717) is 39.3 Å². The van der Waals surface area contributed by atoms with Crippen LogP contribution in [0.15, 0.2) is 0 Å². The van der Waals surface area contributed by atoms with Crippen LogP contribution in [-0.4, -0.2) is 39.0 Å². The molecule has 2 saturated heterocycles. The van der Waals surface area contributed by atoms with E-state index < -0.39 is 0 Å².